The van der Waals surface area contributed by atoms with Crippen LogP contribution in [-0.2, 0) is 19.5 Å². The van der Waals surface area contributed by atoms with Gasteiger partial charge in [-0.25, -0.2) is 9.13 Å². The largest absolute Gasteiger partial charge is 0.256 e. The fraction of sp³-hybridized carbons (Fsp3) is 0.743. The minimum atomic E-state index is 0.998. The monoisotopic (exact) mass is 509 g/mol. The standard InChI is InChI=1S/C35H61N2/c1-3-5-7-9-10-11-12-13-14-15-16-17-18-19-20-25-29-35-36(30-26-21-8-6-4-2)31-32-37(35)33-34-27-23-22-24-28-34/h22-24,27-28,31-32H,3-21,25-26,29-30,33H2,1-2H3/q+1. The summed E-state index contributed by atoms with van der Waals surface area (Å²) in [4.78, 5) is 0. The lowest BCUT2D eigenvalue weighted by Crippen LogP contribution is -2.37. The second-order valence-electron chi connectivity index (χ2n) is 11.5. The SMILES string of the molecule is CCCCCCCCCCCCCCCCCCc1n(Cc2ccccc2)cc[n+]1CCCCCCC. The van der Waals surface area contributed by atoms with Crippen molar-refractivity contribution in [2.45, 2.75) is 168 Å². The maximum Gasteiger partial charge on any atom is 0.256 e. The van der Waals surface area contributed by atoms with E-state index < -0.39 is 0 Å². The van der Waals surface area contributed by atoms with Gasteiger partial charge in [-0.1, -0.05) is 160 Å². The normalized spacial score (nSPS) is 11.4. The third-order valence-corrected chi connectivity index (χ3v) is 8.04. The van der Waals surface area contributed by atoms with E-state index in [2.05, 4.69) is 65.7 Å². The van der Waals surface area contributed by atoms with Crippen LogP contribution < -0.4 is 4.57 Å². The quantitative estimate of drug-likeness (QED) is 0.0929. The van der Waals surface area contributed by atoms with Gasteiger partial charge in [0.25, 0.3) is 5.82 Å². The molecule has 0 saturated carbocycles. The number of nitrogens with zero attached hydrogens (tertiary/aromatic N) is 2. The Morgan fingerprint density at radius 2 is 1.00 bits per heavy atom. The van der Waals surface area contributed by atoms with E-state index in [0.29, 0.717) is 0 Å². The van der Waals surface area contributed by atoms with Gasteiger partial charge in [-0.05, 0) is 24.8 Å². The first-order valence-electron chi connectivity index (χ1n) is 16.5. The summed E-state index contributed by atoms with van der Waals surface area (Å²) < 4.78 is 5.06. The van der Waals surface area contributed by atoms with E-state index in [-0.39, 0.29) is 0 Å². The molecule has 2 aromatic rings. The molecule has 2 heteroatoms. The minimum Gasteiger partial charge on any atom is -0.234 e. The van der Waals surface area contributed by atoms with E-state index in [1.54, 1.807) is 0 Å². The number of imidazole rings is 1. The van der Waals surface area contributed by atoms with Crippen LogP contribution in [-0.4, -0.2) is 4.57 Å². The average molecular weight is 510 g/mol. The zero-order chi connectivity index (χ0) is 26.2. The molecule has 0 unspecified atom stereocenters. The Morgan fingerprint density at radius 3 is 1.51 bits per heavy atom. The summed E-state index contributed by atoms with van der Waals surface area (Å²) in [6.45, 7) is 6.78. The first-order chi connectivity index (χ1) is 18.3. The molecular formula is C35H61N2+. The first-order valence-corrected chi connectivity index (χ1v) is 16.5. The Hall–Kier alpha value is -1.57. The van der Waals surface area contributed by atoms with Crippen LogP contribution in [0.15, 0.2) is 42.7 Å². The van der Waals surface area contributed by atoms with Gasteiger partial charge in [0.1, 0.15) is 18.9 Å². The van der Waals surface area contributed by atoms with Crippen molar-refractivity contribution in [1.82, 2.24) is 4.57 Å². The van der Waals surface area contributed by atoms with E-state index in [1.807, 2.05) is 0 Å². The van der Waals surface area contributed by atoms with E-state index in [0.717, 1.165) is 6.54 Å². The number of aromatic nitrogens is 2. The molecule has 1 aromatic carbocycles. The Balaban J connectivity index is 1.58. The van der Waals surface area contributed by atoms with Crippen molar-refractivity contribution in [3.05, 3.63) is 54.1 Å². The molecule has 0 fully saturated rings. The molecule has 1 heterocycles. The topological polar surface area (TPSA) is 8.81 Å². The number of aryl methyl sites for hydroxylation is 1. The molecule has 0 spiro atoms. The lowest BCUT2D eigenvalue weighted by molar-refractivity contribution is -0.704. The molecule has 0 amide bonds. The molecule has 0 bridgehead atoms. The van der Waals surface area contributed by atoms with Gasteiger partial charge in [0.15, 0.2) is 0 Å². The van der Waals surface area contributed by atoms with Crippen molar-refractivity contribution >= 4 is 0 Å². The van der Waals surface area contributed by atoms with Crippen LogP contribution in [0.3, 0.4) is 0 Å². The molecule has 2 rings (SSSR count). The highest BCUT2D eigenvalue weighted by Crippen LogP contribution is 2.15. The second kappa shape index (κ2) is 22.4. The van der Waals surface area contributed by atoms with Gasteiger partial charge in [-0.15, -0.1) is 0 Å². The van der Waals surface area contributed by atoms with Crippen molar-refractivity contribution in [2.75, 3.05) is 0 Å². The first kappa shape index (κ1) is 31.6. The molecule has 0 aliphatic heterocycles. The Kier molecular flexibility index (Phi) is 19.2. The van der Waals surface area contributed by atoms with E-state index in [1.165, 1.54) is 159 Å². The predicted molar refractivity (Wildman–Crippen MR) is 162 cm³/mol. The number of hydrogen-bond acceptors (Lipinski definition) is 0. The van der Waals surface area contributed by atoms with Crippen LogP contribution in [0.25, 0.3) is 0 Å². The number of rotatable bonds is 25. The van der Waals surface area contributed by atoms with Gasteiger partial charge in [-0.2, -0.15) is 0 Å². The highest BCUT2D eigenvalue weighted by molar-refractivity contribution is 5.15. The van der Waals surface area contributed by atoms with Crippen molar-refractivity contribution in [3.8, 4) is 0 Å². The fourth-order valence-electron chi connectivity index (χ4n) is 5.63. The molecule has 0 radical (unpaired) electrons. The molecule has 1 aromatic heterocycles. The van der Waals surface area contributed by atoms with E-state index in [9.17, 15) is 0 Å². The Bertz CT molecular complexity index is 748. The molecule has 0 atom stereocenters. The van der Waals surface area contributed by atoms with Gasteiger partial charge in [-0.3, -0.25) is 0 Å². The van der Waals surface area contributed by atoms with Gasteiger partial charge in [0.2, 0.25) is 0 Å². The summed E-state index contributed by atoms with van der Waals surface area (Å²) >= 11 is 0. The maximum atomic E-state index is 2.56. The summed E-state index contributed by atoms with van der Waals surface area (Å²) in [5, 5.41) is 0. The number of unbranched alkanes of at least 4 members (excludes halogenated alkanes) is 19. The van der Waals surface area contributed by atoms with E-state index >= 15 is 0 Å². The van der Waals surface area contributed by atoms with Crippen LogP contribution in [0.1, 0.15) is 160 Å². The zero-order valence-electron chi connectivity index (χ0n) is 24.9. The summed E-state index contributed by atoms with van der Waals surface area (Å²) in [6.07, 6.45) is 35.6. The highest BCUT2D eigenvalue weighted by atomic mass is 15.1. The third kappa shape index (κ3) is 15.4. The van der Waals surface area contributed by atoms with Crippen LogP contribution in [0, 0.1) is 0 Å². The predicted octanol–water partition coefficient (Wildman–Crippen LogP) is 10.6. The lowest BCUT2D eigenvalue weighted by atomic mass is 10.0. The minimum absolute atomic E-state index is 0.998. The van der Waals surface area contributed by atoms with Gasteiger partial charge < -0.3 is 0 Å². The van der Waals surface area contributed by atoms with Crippen LogP contribution >= 0.6 is 0 Å². The molecule has 0 aliphatic rings. The Morgan fingerprint density at radius 1 is 0.541 bits per heavy atom. The summed E-state index contributed by atoms with van der Waals surface area (Å²) in [5.41, 5.74) is 1.40. The highest BCUT2D eigenvalue weighted by Gasteiger charge is 2.17. The second-order valence-corrected chi connectivity index (χ2v) is 11.5. The third-order valence-electron chi connectivity index (χ3n) is 8.04. The molecule has 37 heavy (non-hydrogen) atoms. The zero-order valence-corrected chi connectivity index (χ0v) is 24.9. The van der Waals surface area contributed by atoms with Crippen molar-refractivity contribution in [3.63, 3.8) is 0 Å². The van der Waals surface area contributed by atoms with Crippen molar-refractivity contribution < 1.29 is 4.57 Å². The molecule has 0 aliphatic carbocycles. The number of hydrogen-bond donors (Lipinski definition) is 0. The van der Waals surface area contributed by atoms with Gasteiger partial charge >= 0.3 is 0 Å². The van der Waals surface area contributed by atoms with Crippen molar-refractivity contribution in [1.29, 1.82) is 0 Å². The molecular weight excluding hydrogens is 448 g/mol. The van der Waals surface area contributed by atoms with Gasteiger partial charge in [0, 0.05) is 6.42 Å². The summed E-state index contributed by atoms with van der Waals surface area (Å²) in [5.74, 6) is 1.53. The van der Waals surface area contributed by atoms with Gasteiger partial charge in [0.05, 0.1) is 6.54 Å². The lowest BCUT2D eigenvalue weighted by Gasteiger charge is -2.07. The molecule has 2 nitrogen and oxygen atoms in total. The molecule has 0 saturated heterocycles. The summed E-state index contributed by atoms with van der Waals surface area (Å²) in [6, 6.07) is 11.0. The van der Waals surface area contributed by atoms with E-state index in [4.69, 9.17) is 0 Å². The summed E-state index contributed by atoms with van der Waals surface area (Å²) in [7, 11) is 0. The van der Waals surface area contributed by atoms with Crippen LogP contribution in [0.4, 0.5) is 0 Å². The average Bonchev–Trinajstić information content (AvgIpc) is 3.29. The van der Waals surface area contributed by atoms with Crippen molar-refractivity contribution in [2.24, 2.45) is 0 Å². The maximum absolute atomic E-state index is 2.56. The Labute approximate surface area is 231 Å². The molecule has 210 valence electrons. The molecule has 0 N–H and O–H groups in total. The smallest absolute Gasteiger partial charge is 0.234 e. The van der Waals surface area contributed by atoms with Crippen LogP contribution in [0.2, 0.25) is 0 Å². The van der Waals surface area contributed by atoms with Crippen LogP contribution in [0.5, 0.6) is 0 Å². The fourth-order valence-corrected chi connectivity index (χ4v) is 5.63. The number of benzene rings is 1.